The van der Waals surface area contributed by atoms with Crippen LogP contribution in [-0.2, 0) is 11.8 Å². The molecule has 0 N–H and O–H groups in total. The standard InChI is InChI=1S/C19H24N4O2/c1-21-8-4-5-16(21)17-14-25-12-11-23(17)19(24)15-6-7-18(20-13-15)22-9-2-3-10-22/h4-8,13,17H,2-3,9-12,14H2,1H3/t17-/m0/s1. The summed E-state index contributed by atoms with van der Waals surface area (Å²) in [5.41, 5.74) is 1.73. The van der Waals surface area contributed by atoms with Crippen LogP contribution in [0.15, 0.2) is 36.7 Å². The van der Waals surface area contributed by atoms with Crippen molar-refractivity contribution < 1.29 is 9.53 Å². The summed E-state index contributed by atoms with van der Waals surface area (Å²) in [5.74, 6) is 0.991. The first-order valence-electron chi connectivity index (χ1n) is 8.95. The highest BCUT2D eigenvalue weighted by molar-refractivity contribution is 5.94. The lowest BCUT2D eigenvalue weighted by Crippen LogP contribution is -2.44. The lowest BCUT2D eigenvalue weighted by molar-refractivity contribution is -0.00465. The van der Waals surface area contributed by atoms with E-state index in [-0.39, 0.29) is 11.9 Å². The van der Waals surface area contributed by atoms with Gasteiger partial charge in [0, 0.05) is 44.8 Å². The fourth-order valence-electron chi connectivity index (χ4n) is 3.72. The number of morpholine rings is 1. The summed E-state index contributed by atoms with van der Waals surface area (Å²) in [5, 5.41) is 0. The zero-order valence-electron chi connectivity index (χ0n) is 14.6. The largest absolute Gasteiger partial charge is 0.377 e. The number of amides is 1. The van der Waals surface area contributed by atoms with Gasteiger partial charge in [0.05, 0.1) is 24.8 Å². The minimum absolute atomic E-state index is 0.0231. The van der Waals surface area contributed by atoms with Crippen LogP contribution in [0.3, 0.4) is 0 Å². The number of nitrogens with zero attached hydrogens (tertiary/aromatic N) is 4. The summed E-state index contributed by atoms with van der Waals surface area (Å²) in [6, 6.07) is 7.86. The molecule has 0 bridgehead atoms. The van der Waals surface area contributed by atoms with E-state index in [0.29, 0.717) is 25.3 Å². The van der Waals surface area contributed by atoms with Crippen molar-refractivity contribution in [1.29, 1.82) is 0 Å². The molecule has 2 aromatic heterocycles. The Morgan fingerprint density at radius 2 is 2.04 bits per heavy atom. The van der Waals surface area contributed by atoms with Crippen molar-refractivity contribution in [2.45, 2.75) is 18.9 Å². The first kappa shape index (κ1) is 16.1. The molecule has 2 saturated heterocycles. The van der Waals surface area contributed by atoms with Gasteiger partial charge >= 0.3 is 0 Å². The highest BCUT2D eigenvalue weighted by Gasteiger charge is 2.31. The molecule has 132 valence electrons. The van der Waals surface area contributed by atoms with Crippen LogP contribution in [0, 0.1) is 0 Å². The first-order valence-corrected chi connectivity index (χ1v) is 8.95. The molecule has 0 spiro atoms. The molecule has 0 unspecified atom stereocenters. The van der Waals surface area contributed by atoms with Gasteiger partial charge in [-0.2, -0.15) is 0 Å². The number of hydrogen-bond donors (Lipinski definition) is 0. The molecule has 2 fully saturated rings. The summed E-state index contributed by atoms with van der Waals surface area (Å²) < 4.78 is 7.68. The van der Waals surface area contributed by atoms with E-state index in [1.807, 2.05) is 47.0 Å². The third-order valence-electron chi connectivity index (χ3n) is 5.14. The number of aromatic nitrogens is 2. The van der Waals surface area contributed by atoms with Gasteiger partial charge in [0.15, 0.2) is 0 Å². The Morgan fingerprint density at radius 1 is 1.20 bits per heavy atom. The number of anilines is 1. The molecule has 0 radical (unpaired) electrons. The van der Waals surface area contributed by atoms with E-state index < -0.39 is 0 Å². The lowest BCUT2D eigenvalue weighted by atomic mass is 10.1. The van der Waals surface area contributed by atoms with E-state index in [1.54, 1.807) is 6.20 Å². The van der Waals surface area contributed by atoms with Crippen LogP contribution in [0.5, 0.6) is 0 Å². The predicted molar refractivity (Wildman–Crippen MR) is 95.7 cm³/mol. The Bertz CT molecular complexity index is 734. The van der Waals surface area contributed by atoms with Gasteiger partial charge in [-0.3, -0.25) is 4.79 Å². The molecular formula is C19H24N4O2. The van der Waals surface area contributed by atoms with Crippen molar-refractivity contribution in [3.63, 3.8) is 0 Å². The SMILES string of the molecule is Cn1cccc1[C@@H]1COCCN1C(=O)c1ccc(N2CCCC2)nc1. The molecule has 1 atom stereocenters. The molecule has 2 aromatic rings. The van der Waals surface area contributed by atoms with Crippen molar-refractivity contribution in [2.24, 2.45) is 7.05 Å². The molecule has 0 aromatic carbocycles. The van der Waals surface area contributed by atoms with Crippen molar-refractivity contribution in [1.82, 2.24) is 14.5 Å². The molecular weight excluding hydrogens is 316 g/mol. The monoisotopic (exact) mass is 340 g/mol. The summed E-state index contributed by atoms with van der Waals surface area (Å²) in [6.45, 7) is 3.82. The van der Waals surface area contributed by atoms with Gasteiger partial charge in [-0.1, -0.05) is 0 Å². The number of hydrogen-bond acceptors (Lipinski definition) is 4. The van der Waals surface area contributed by atoms with Crippen molar-refractivity contribution in [3.05, 3.63) is 47.9 Å². The number of aryl methyl sites for hydroxylation is 1. The number of pyridine rings is 1. The summed E-state index contributed by atoms with van der Waals surface area (Å²) in [7, 11) is 2.00. The van der Waals surface area contributed by atoms with Crippen LogP contribution in [-0.4, -0.2) is 53.2 Å². The number of carbonyl (C=O) groups is 1. The van der Waals surface area contributed by atoms with Gasteiger partial charge in [-0.25, -0.2) is 4.98 Å². The molecule has 6 nitrogen and oxygen atoms in total. The van der Waals surface area contributed by atoms with E-state index >= 15 is 0 Å². The smallest absolute Gasteiger partial charge is 0.256 e. The summed E-state index contributed by atoms with van der Waals surface area (Å²) in [6.07, 6.45) is 6.15. The zero-order valence-corrected chi connectivity index (χ0v) is 14.6. The van der Waals surface area contributed by atoms with E-state index in [4.69, 9.17) is 4.74 Å². The molecule has 0 saturated carbocycles. The molecule has 4 heterocycles. The zero-order chi connectivity index (χ0) is 17.2. The van der Waals surface area contributed by atoms with Crippen LogP contribution < -0.4 is 4.90 Å². The third kappa shape index (κ3) is 3.14. The van der Waals surface area contributed by atoms with Gasteiger partial charge in [0.1, 0.15) is 5.82 Å². The maximum Gasteiger partial charge on any atom is 0.256 e. The first-order chi connectivity index (χ1) is 12.2. The van der Waals surface area contributed by atoms with Crippen molar-refractivity contribution >= 4 is 11.7 Å². The van der Waals surface area contributed by atoms with Crippen LogP contribution in [0.2, 0.25) is 0 Å². The van der Waals surface area contributed by atoms with E-state index in [2.05, 4.69) is 9.88 Å². The van der Waals surface area contributed by atoms with Gasteiger partial charge in [-0.05, 0) is 37.1 Å². The van der Waals surface area contributed by atoms with Crippen LogP contribution in [0.1, 0.15) is 34.9 Å². The van der Waals surface area contributed by atoms with Crippen molar-refractivity contribution in [2.75, 3.05) is 37.7 Å². The highest BCUT2D eigenvalue weighted by Crippen LogP contribution is 2.26. The number of carbonyl (C=O) groups excluding carboxylic acids is 1. The van der Waals surface area contributed by atoms with Crippen molar-refractivity contribution in [3.8, 4) is 0 Å². The molecule has 1 amide bonds. The molecule has 0 aliphatic carbocycles. The fraction of sp³-hybridized carbons (Fsp3) is 0.474. The number of ether oxygens (including phenoxy) is 1. The Labute approximate surface area is 148 Å². The minimum atomic E-state index is -0.0560. The Kier molecular flexibility index (Phi) is 4.44. The molecule has 25 heavy (non-hydrogen) atoms. The topological polar surface area (TPSA) is 50.6 Å². The fourth-order valence-corrected chi connectivity index (χ4v) is 3.72. The van der Waals surface area contributed by atoms with Gasteiger partial charge in [0.2, 0.25) is 0 Å². The van der Waals surface area contributed by atoms with E-state index in [9.17, 15) is 4.79 Å². The van der Waals surface area contributed by atoms with E-state index in [0.717, 1.165) is 24.6 Å². The van der Waals surface area contributed by atoms with E-state index in [1.165, 1.54) is 12.8 Å². The summed E-state index contributed by atoms with van der Waals surface area (Å²) in [4.78, 5) is 21.8. The van der Waals surface area contributed by atoms with Gasteiger partial charge in [-0.15, -0.1) is 0 Å². The van der Waals surface area contributed by atoms with Crippen LogP contribution in [0.25, 0.3) is 0 Å². The Balaban J connectivity index is 1.55. The summed E-state index contributed by atoms with van der Waals surface area (Å²) >= 11 is 0. The average molecular weight is 340 g/mol. The minimum Gasteiger partial charge on any atom is -0.377 e. The molecule has 2 aliphatic rings. The average Bonchev–Trinajstić information content (AvgIpc) is 3.33. The molecule has 4 rings (SSSR count). The second kappa shape index (κ2) is 6.88. The third-order valence-corrected chi connectivity index (χ3v) is 5.14. The molecule has 2 aliphatic heterocycles. The quantitative estimate of drug-likeness (QED) is 0.860. The van der Waals surface area contributed by atoms with Gasteiger partial charge in [0.25, 0.3) is 5.91 Å². The lowest BCUT2D eigenvalue weighted by Gasteiger charge is -2.36. The number of rotatable bonds is 3. The second-order valence-corrected chi connectivity index (χ2v) is 6.73. The maximum absolute atomic E-state index is 13.1. The Hall–Kier alpha value is -2.34. The predicted octanol–water partition coefficient (Wildman–Crippen LogP) is 2.23. The normalized spacial score (nSPS) is 20.9. The second-order valence-electron chi connectivity index (χ2n) is 6.73. The highest BCUT2D eigenvalue weighted by atomic mass is 16.5. The van der Waals surface area contributed by atoms with Crippen LogP contribution >= 0.6 is 0 Å². The van der Waals surface area contributed by atoms with Gasteiger partial charge < -0.3 is 19.1 Å². The van der Waals surface area contributed by atoms with Crippen LogP contribution in [0.4, 0.5) is 5.82 Å². The molecule has 6 heteroatoms. The maximum atomic E-state index is 13.1. The Morgan fingerprint density at radius 3 is 2.72 bits per heavy atom.